The molecule has 7 nitrogen and oxygen atoms in total. The van der Waals surface area contributed by atoms with Crippen LogP contribution in [0.15, 0.2) is 12.4 Å². The predicted octanol–water partition coefficient (Wildman–Crippen LogP) is 0.784. The van der Waals surface area contributed by atoms with Crippen LogP contribution in [0.25, 0.3) is 5.78 Å². The molecule has 3 heterocycles. The standard InChI is InChI=1S/C14H20N6O/c1-9(2)6-11-13(21)15-4-5-19(11)12-7-10(3)18-14-16-8-17-20(12)14/h7-9,11H,4-6H2,1-3H3,(H,15,21). The van der Waals surface area contributed by atoms with E-state index in [0.717, 1.165) is 24.5 Å². The molecule has 1 N–H and O–H groups in total. The van der Waals surface area contributed by atoms with Crippen molar-refractivity contribution in [3.8, 4) is 0 Å². The number of rotatable bonds is 3. The Morgan fingerprint density at radius 1 is 1.48 bits per heavy atom. The summed E-state index contributed by atoms with van der Waals surface area (Å²) < 4.78 is 1.71. The summed E-state index contributed by atoms with van der Waals surface area (Å²) in [5.41, 5.74) is 0.875. The molecular weight excluding hydrogens is 268 g/mol. The van der Waals surface area contributed by atoms with Gasteiger partial charge in [-0.1, -0.05) is 13.8 Å². The molecular formula is C14H20N6O. The lowest BCUT2D eigenvalue weighted by atomic mass is 10.00. The van der Waals surface area contributed by atoms with Gasteiger partial charge in [-0.2, -0.15) is 14.6 Å². The topological polar surface area (TPSA) is 75.4 Å². The van der Waals surface area contributed by atoms with Crippen molar-refractivity contribution >= 4 is 17.5 Å². The highest BCUT2D eigenvalue weighted by molar-refractivity contribution is 5.86. The Balaban J connectivity index is 2.05. The number of nitrogens with zero attached hydrogens (tertiary/aromatic N) is 5. The normalized spacial score (nSPS) is 19.3. The van der Waals surface area contributed by atoms with Crippen LogP contribution in [-0.2, 0) is 4.79 Å². The van der Waals surface area contributed by atoms with Crippen LogP contribution in [0.5, 0.6) is 0 Å². The Labute approximate surface area is 123 Å². The monoisotopic (exact) mass is 288 g/mol. The second-order valence-corrected chi connectivity index (χ2v) is 5.86. The largest absolute Gasteiger partial charge is 0.353 e. The molecule has 7 heteroatoms. The molecule has 2 aromatic rings. The van der Waals surface area contributed by atoms with E-state index in [-0.39, 0.29) is 11.9 Å². The molecule has 1 saturated heterocycles. The highest BCUT2D eigenvalue weighted by Gasteiger charge is 2.32. The van der Waals surface area contributed by atoms with Gasteiger partial charge in [-0.25, -0.2) is 4.98 Å². The van der Waals surface area contributed by atoms with Gasteiger partial charge in [0.1, 0.15) is 18.2 Å². The maximum Gasteiger partial charge on any atom is 0.254 e. The van der Waals surface area contributed by atoms with Gasteiger partial charge in [0.2, 0.25) is 5.91 Å². The van der Waals surface area contributed by atoms with E-state index in [4.69, 9.17) is 0 Å². The number of carbonyl (C=O) groups is 1. The molecule has 0 bridgehead atoms. The van der Waals surface area contributed by atoms with E-state index in [2.05, 4.69) is 39.1 Å². The van der Waals surface area contributed by atoms with Crippen molar-refractivity contribution in [2.45, 2.75) is 33.2 Å². The van der Waals surface area contributed by atoms with Gasteiger partial charge in [0.25, 0.3) is 5.78 Å². The first-order chi connectivity index (χ1) is 10.1. The predicted molar refractivity (Wildman–Crippen MR) is 79.1 cm³/mol. The number of aromatic nitrogens is 4. The fourth-order valence-corrected chi connectivity index (χ4v) is 2.79. The molecule has 3 rings (SSSR count). The zero-order valence-corrected chi connectivity index (χ0v) is 12.6. The van der Waals surface area contributed by atoms with E-state index < -0.39 is 0 Å². The second kappa shape index (κ2) is 5.31. The maximum absolute atomic E-state index is 12.3. The van der Waals surface area contributed by atoms with Gasteiger partial charge in [0.05, 0.1) is 0 Å². The number of aryl methyl sites for hydroxylation is 1. The van der Waals surface area contributed by atoms with E-state index in [9.17, 15) is 4.79 Å². The number of carbonyl (C=O) groups excluding carboxylic acids is 1. The molecule has 0 spiro atoms. The molecule has 1 unspecified atom stereocenters. The number of hydrogen-bond acceptors (Lipinski definition) is 5. The minimum atomic E-state index is -0.173. The van der Waals surface area contributed by atoms with Crippen LogP contribution in [0.1, 0.15) is 26.0 Å². The summed E-state index contributed by atoms with van der Waals surface area (Å²) in [4.78, 5) is 22.9. The summed E-state index contributed by atoms with van der Waals surface area (Å²) >= 11 is 0. The summed E-state index contributed by atoms with van der Waals surface area (Å²) in [5.74, 6) is 1.97. The van der Waals surface area contributed by atoms with Crippen LogP contribution >= 0.6 is 0 Å². The number of piperazine rings is 1. The first-order valence-electron chi connectivity index (χ1n) is 7.28. The molecule has 1 atom stereocenters. The first-order valence-corrected chi connectivity index (χ1v) is 7.28. The van der Waals surface area contributed by atoms with Crippen LogP contribution in [0.3, 0.4) is 0 Å². The summed E-state index contributed by atoms with van der Waals surface area (Å²) in [6.45, 7) is 7.60. The van der Waals surface area contributed by atoms with Crippen molar-refractivity contribution in [1.29, 1.82) is 0 Å². The fraction of sp³-hybridized carbons (Fsp3) is 0.571. The third kappa shape index (κ3) is 2.55. The number of hydrogen-bond donors (Lipinski definition) is 1. The lowest BCUT2D eigenvalue weighted by Crippen LogP contribution is -2.56. The summed E-state index contributed by atoms with van der Waals surface area (Å²) in [6, 6.07) is 1.79. The van der Waals surface area contributed by atoms with Crippen LogP contribution in [0, 0.1) is 12.8 Å². The van der Waals surface area contributed by atoms with Crippen LogP contribution in [0.4, 0.5) is 5.82 Å². The van der Waals surface area contributed by atoms with Crippen LogP contribution in [0.2, 0.25) is 0 Å². The average Bonchev–Trinajstić information content (AvgIpc) is 2.87. The minimum Gasteiger partial charge on any atom is -0.353 e. The number of anilines is 1. The molecule has 0 aromatic carbocycles. The van der Waals surface area contributed by atoms with Crippen molar-refractivity contribution in [2.24, 2.45) is 5.92 Å². The van der Waals surface area contributed by atoms with Crippen molar-refractivity contribution < 1.29 is 4.79 Å². The Kier molecular flexibility index (Phi) is 3.48. The first kappa shape index (κ1) is 13.8. The van der Waals surface area contributed by atoms with E-state index in [0.29, 0.717) is 18.2 Å². The van der Waals surface area contributed by atoms with Gasteiger partial charge < -0.3 is 10.2 Å². The Bertz CT molecular complexity index is 665. The molecule has 0 aliphatic carbocycles. The number of nitrogens with one attached hydrogen (secondary N) is 1. The molecule has 1 aliphatic heterocycles. The van der Waals surface area contributed by atoms with Gasteiger partial charge in [-0.15, -0.1) is 0 Å². The fourth-order valence-electron chi connectivity index (χ4n) is 2.79. The molecule has 2 aromatic heterocycles. The zero-order chi connectivity index (χ0) is 15.0. The molecule has 112 valence electrons. The highest BCUT2D eigenvalue weighted by atomic mass is 16.2. The van der Waals surface area contributed by atoms with Gasteiger partial charge in [0.15, 0.2) is 0 Å². The number of amides is 1. The molecule has 1 fully saturated rings. The maximum atomic E-state index is 12.3. The van der Waals surface area contributed by atoms with Gasteiger partial charge in [0, 0.05) is 24.8 Å². The van der Waals surface area contributed by atoms with E-state index in [1.54, 1.807) is 4.52 Å². The van der Waals surface area contributed by atoms with Gasteiger partial charge >= 0.3 is 0 Å². The Morgan fingerprint density at radius 2 is 2.29 bits per heavy atom. The highest BCUT2D eigenvalue weighted by Crippen LogP contribution is 2.23. The Hall–Kier alpha value is -2.18. The summed E-state index contributed by atoms with van der Waals surface area (Å²) in [6.07, 6.45) is 2.30. The summed E-state index contributed by atoms with van der Waals surface area (Å²) in [7, 11) is 0. The van der Waals surface area contributed by atoms with Crippen LogP contribution in [-0.4, -0.2) is 44.6 Å². The molecule has 21 heavy (non-hydrogen) atoms. The van der Waals surface area contributed by atoms with E-state index in [1.807, 2.05) is 13.0 Å². The van der Waals surface area contributed by atoms with Crippen molar-refractivity contribution in [1.82, 2.24) is 24.9 Å². The smallest absolute Gasteiger partial charge is 0.254 e. The molecule has 1 amide bonds. The molecule has 1 aliphatic rings. The van der Waals surface area contributed by atoms with Crippen molar-refractivity contribution in [3.05, 3.63) is 18.1 Å². The van der Waals surface area contributed by atoms with Gasteiger partial charge in [-0.05, 0) is 19.3 Å². The van der Waals surface area contributed by atoms with Gasteiger partial charge in [-0.3, -0.25) is 4.79 Å². The average molecular weight is 288 g/mol. The molecule has 0 saturated carbocycles. The van der Waals surface area contributed by atoms with Crippen molar-refractivity contribution in [2.75, 3.05) is 18.0 Å². The van der Waals surface area contributed by atoms with E-state index >= 15 is 0 Å². The quantitative estimate of drug-likeness (QED) is 0.903. The Morgan fingerprint density at radius 3 is 3.05 bits per heavy atom. The SMILES string of the molecule is Cc1cc(N2CCNC(=O)C2CC(C)C)n2ncnc2n1. The lowest BCUT2D eigenvalue weighted by molar-refractivity contribution is -0.123. The lowest BCUT2D eigenvalue weighted by Gasteiger charge is -2.37. The zero-order valence-electron chi connectivity index (χ0n) is 12.6. The van der Waals surface area contributed by atoms with E-state index in [1.165, 1.54) is 6.33 Å². The minimum absolute atomic E-state index is 0.0812. The van der Waals surface area contributed by atoms with Crippen molar-refractivity contribution in [3.63, 3.8) is 0 Å². The third-order valence-electron chi connectivity index (χ3n) is 3.68. The third-order valence-corrected chi connectivity index (χ3v) is 3.68. The molecule has 0 radical (unpaired) electrons. The number of fused-ring (bicyclic) bond motifs is 1. The second-order valence-electron chi connectivity index (χ2n) is 5.86. The van der Waals surface area contributed by atoms with Crippen LogP contribution < -0.4 is 10.2 Å². The summed E-state index contributed by atoms with van der Waals surface area (Å²) in [5, 5.41) is 7.20.